The molecule has 1 fully saturated rings. The van der Waals surface area contributed by atoms with E-state index in [0.29, 0.717) is 12.0 Å². The molecule has 15 heavy (non-hydrogen) atoms. The first-order valence-electron chi connectivity index (χ1n) is 6.55. The van der Waals surface area contributed by atoms with Crippen molar-refractivity contribution >= 4 is 0 Å². The summed E-state index contributed by atoms with van der Waals surface area (Å²) in [5, 5.41) is 0. The van der Waals surface area contributed by atoms with E-state index in [4.69, 9.17) is 5.73 Å². The molecule has 2 heteroatoms. The average Bonchev–Trinajstić information content (AvgIpc) is 2.27. The third kappa shape index (κ3) is 3.46. The van der Waals surface area contributed by atoms with Gasteiger partial charge in [-0.05, 0) is 45.1 Å². The summed E-state index contributed by atoms with van der Waals surface area (Å²) in [5.74, 6) is 1.52. The van der Waals surface area contributed by atoms with Crippen molar-refractivity contribution in [1.82, 2.24) is 4.90 Å². The van der Waals surface area contributed by atoms with Gasteiger partial charge in [-0.3, -0.25) is 0 Å². The molecular formula is C13H28N2. The molecule has 0 aromatic carbocycles. The summed E-state index contributed by atoms with van der Waals surface area (Å²) < 4.78 is 0. The van der Waals surface area contributed by atoms with Gasteiger partial charge in [-0.1, -0.05) is 20.3 Å². The molecule has 0 amide bonds. The molecule has 0 aromatic rings. The van der Waals surface area contributed by atoms with Gasteiger partial charge in [0.05, 0.1) is 0 Å². The van der Waals surface area contributed by atoms with Crippen molar-refractivity contribution in [2.24, 2.45) is 17.6 Å². The second-order valence-corrected chi connectivity index (χ2v) is 5.38. The maximum absolute atomic E-state index is 6.01. The largest absolute Gasteiger partial charge is 0.328 e. The SMILES string of the molecule is CCC(C)C(C)N1CCCC(C(C)N)C1. The summed E-state index contributed by atoms with van der Waals surface area (Å²) >= 11 is 0. The minimum atomic E-state index is 0.358. The first-order valence-corrected chi connectivity index (χ1v) is 6.55. The zero-order valence-corrected chi connectivity index (χ0v) is 10.9. The molecule has 1 saturated heterocycles. The van der Waals surface area contributed by atoms with E-state index in [1.54, 1.807) is 0 Å². The van der Waals surface area contributed by atoms with E-state index in [1.165, 1.54) is 32.4 Å². The van der Waals surface area contributed by atoms with Gasteiger partial charge >= 0.3 is 0 Å². The Morgan fingerprint density at radius 3 is 2.53 bits per heavy atom. The van der Waals surface area contributed by atoms with Crippen LogP contribution in [0.3, 0.4) is 0 Å². The minimum absolute atomic E-state index is 0.358. The molecule has 1 aliphatic heterocycles. The fraction of sp³-hybridized carbons (Fsp3) is 1.00. The van der Waals surface area contributed by atoms with Crippen molar-refractivity contribution in [2.45, 2.75) is 59.0 Å². The lowest BCUT2D eigenvalue weighted by molar-refractivity contribution is 0.0925. The van der Waals surface area contributed by atoms with E-state index in [-0.39, 0.29) is 0 Å². The molecule has 0 aliphatic carbocycles. The first-order chi connectivity index (χ1) is 7.06. The summed E-state index contributed by atoms with van der Waals surface area (Å²) in [5.41, 5.74) is 6.01. The molecule has 0 saturated carbocycles. The minimum Gasteiger partial charge on any atom is -0.328 e. The predicted molar refractivity (Wildman–Crippen MR) is 66.9 cm³/mol. The molecule has 0 spiro atoms. The molecular weight excluding hydrogens is 184 g/mol. The lowest BCUT2D eigenvalue weighted by Crippen LogP contribution is -2.47. The fourth-order valence-electron chi connectivity index (χ4n) is 2.54. The Morgan fingerprint density at radius 2 is 2.00 bits per heavy atom. The summed E-state index contributed by atoms with van der Waals surface area (Å²) in [6.45, 7) is 11.7. The Bertz CT molecular complexity index is 179. The molecule has 2 N–H and O–H groups in total. The van der Waals surface area contributed by atoms with Gasteiger partial charge in [0.15, 0.2) is 0 Å². The zero-order chi connectivity index (χ0) is 11.4. The van der Waals surface area contributed by atoms with Gasteiger partial charge in [-0.2, -0.15) is 0 Å². The van der Waals surface area contributed by atoms with Crippen molar-refractivity contribution in [2.75, 3.05) is 13.1 Å². The van der Waals surface area contributed by atoms with Crippen LogP contribution in [-0.2, 0) is 0 Å². The normalized spacial score (nSPS) is 29.8. The quantitative estimate of drug-likeness (QED) is 0.776. The molecule has 2 nitrogen and oxygen atoms in total. The van der Waals surface area contributed by atoms with Crippen LogP contribution < -0.4 is 5.73 Å². The zero-order valence-electron chi connectivity index (χ0n) is 10.9. The second kappa shape index (κ2) is 5.86. The van der Waals surface area contributed by atoms with Crippen molar-refractivity contribution in [3.63, 3.8) is 0 Å². The van der Waals surface area contributed by atoms with E-state index < -0.39 is 0 Å². The standard InChI is InChI=1S/C13H28N2/c1-5-10(2)12(4)15-8-6-7-13(9-15)11(3)14/h10-13H,5-9,14H2,1-4H3. The van der Waals surface area contributed by atoms with Crippen molar-refractivity contribution in [3.8, 4) is 0 Å². The van der Waals surface area contributed by atoms with Crippen LogP contribution in [0.4, 0.5) is 0 Å². The van der Waals surface area contributed by atoms with Crippen LogP contribution in [0.1, 0.15) is 47.0 Å². The second-order valence-electron chi connectivity index (χ2n) is 5.38. The van der Waals surface area contributed by atoms with Crippen LogP contribution in [0.25, 0.3) is 0 Å². The Labute approximate surface area is 95.2 Å². The highest BCUT2D eigenvalue weighted by Gasteiger charge is 2.27. The summed E-state index contributed by atoms with van der Waals surface area (Å²) in [6, 6.07) is 1.08. The molecule has 4 atom stereocenters. The third-order valence-corrected chi connectivity index (χ3v) is 4.28. The van der Waals surface area contributed by atoms with Crippen molar-refractivity contribution in [1.29, 1.82) is 0 Å². The van der Waals surface area contributed by atoms with E-state index in [2.05, 4.69) is 32.6 Å². The van der Waals surface area contributed by atoms with Gasteiger partial charge in [0.25, 0.3) is 0 Å². The summed E-state index contributed by atoms with van der Waals surface area (Å²) in [7, 11) is 0. The summed E-state index contributed by atoms with van der Waals surface area (Å²) in [4.78, 5) is 2.64. The Balaban J connectivity index is 2.48. The highest BCUT2D eigenvalue weighted by Crippen LogP contribution is 2.23. The number of nitrogens with two attached hydrogens (primary N) is 1. The lowest BCUT2D eigenvalue weighted by atomic mass is 9.89. The molecule has 4 unspecified atom stereocenters. The highest BCUT2D eigenvalue weighted by molar-refractivity contribution is 4.82. The Hall–Kier alpha value is -0.0800. The van der Waals surface area contributed by atoms with Crippen molar-refractivity contribution in [3.05, 3.63) is 0 Å². The molecule has 0 aromatic heterocycles. The van der Waals surface area contributed by atoms with Crippen LogP contribution in [-0.4, -0.2) is 30.1 Å². The van der Waals surface area contributed by atoms with Gasteiger partial charge in [-0.25, -0.2) is 0 Å². The van der Waals surface area contributed by atoms with Crippen LogP contribution in [0.15, 0.2) is 0 Å². The van der Waals surface area contributed by atoms with E-state index in [0.717, 1.165) is 12.0 Å². The van der Waals surface area contributed by atoms with Gasteiger partial charge < -0.3 is 10.6 Å². The third-order valence-electron chi connectivity index (χ3n) is 4.28. The average molecular weight is 212 g/mol. The van der Waals surface area contributed by atoms with E-state index >= 15 is 0 Å². The molecule has 1 rings (SSSR count). The maximum atomic E-state index is 6.01. The molecule has 1 heterocycles. The number of nitrogens with zero attached hydrogens (tertiary/aromatic N) is 1. The monoisotopic (exact) mass is 212 g/mol. The molecule has 90 valence electrons. The van der Waals surface area contributed by atoms with Gasteiger partial charge in [0.2, 0.25) is 0 Å². The topological polar surface area (TPSA) is 29.3 Å². The number of likely N-dealkylation sites (tertiary alicyclic amines) is 1. The molecule has 1 aliphatic rings. The van der Waals surface area contributed by atoms with E-state index in [1.807, 2.05) is 0 Å². The van der Waals surface area contributed by atoms with Gasteiger partial charge in [0, 0.05) is 18.6 Å². The predicted octanol–water partition coefficient (Wildman–Crippen LogP) is 2.48. The number of hydrogen-bond donors (Lipinski definition) is 1. The highest BCUT2D eigenvalue weighted by atomic mass is 15.2. The first kappa shape index (κ1) is 13.0. The van der Waals surface area contributed by atoms with Crippen LogP contribution in [0.2, 0.25) is 0 Å². The Morgan fingerprint density at radius 1 is 1.33 bits per heavy atom. The Kier molecular flexibility index (Phi) is 5.07. The summed E-state index contributed by atoms with van der Waals surface area (Å²) in [6.07, 6.45) is 3.93. The van der Waals surface area contributed by atoms with Crippen LogP contribution in [0.5, 0.6) is 0 Å². The van der Waals surface area contributed by atoms with Gasteiger partial charge in [-0.15, -0.1) is 0 Å². The maximum Gasteiger partial charge on any atom is 0.00925 e. The van der Waals surface area contributed by atoms with Gasteiger partial charge in [0.1, 0.15) is 0 Å². The number of piperidine rings is 1. The molecule has 0 radical (unpaired) electrons. The van der Waals surface area contributed by atoms with E-state index in [9.17, 15) is 0 Å². The fourth-order valence-corrected chi connectivity index (χ4v) is 2.54. The van der Waals surface area contributed by atoms with Crippen molar-refractivity contribution < 1.29 is 0 Å². The smallest absolute Gasteiger partial charge is 0.00925 e. The van der Waals surface area contributed by atoms with Crippen LogP contribution >= 0.6 is 0 Å². The molecule has 0 bridgehead atoms. The number of rotatable bonds is 4. The lowest BCUT2D eigenvalue weighted by Gasteiger charge is -2.40. The number of hydrogen-bond acceptors (Lipinski definition) is 2. The van der Waals surface area contributed by atoms with Crippen LogP contribution in [0, 0.1) is 11.8 Å².